The SMILES string of the molecule is NC(=O)Nc1cccc(NCc2c(Cl)ccc(Cl)c2Cl)c1. The average molecular weight is 345 g/mol. The molecule has 2 aromatic rings. The monoisotopic (exact) mass is 343 g/mol. The molecular formula is C14H12Cl3N3O. The maximum Gasteiger partial charge on any atom is 0.316 e. The molecule has 21 heavy (non-hydrogen) atoms. The molecule has 0 fully saturated rings. The van der Waals surface area contributed by atoms with Crippen LogP contribution in [0.1, 0.15) is 5.56 Å². The van der Waals surface area contributed by atoms with Crippen LogP contribution in [0, 0.1) is 0 Å². The van der Waals surface area contributed by atoms with E-state index < -0.39 is 6.03 Å². The fourth-order valence-corrected chi connectivity index (χ4v) is 2.45. The summed E-state index contributed by atoms with van der Waals surface area (Å²) in [6.07, 6.45) is 0. The number of hydrogen-bond acceptors (Lipinski definition) is 2. The Morgan fingerprint density at radius 2 is 1.71 bits per heavy atom. The third-order valence-corrected chi connectivity index (χ3v) is 3.94. The van der Waals surface area contributed by atoms with Crippen molar-refractivity contribution in [2.24, 2.45) is 5.73 Å². The number of nitrogens with one attached hydrogen (secondary N) is 2. The number of hydrogen-bond donors (Lipinski definition) is 3. The number of amides is 2. The fraction of sp³-hybridized carbons (Fsp3) is 0.0714. The van der Waals surface area contributed by atoms with Gasteiger partial charge in [-0.05, 0) is 30.3 Å². The highest BCUT2D eigenvalue weighted by molar-refractivity contribution is 6.44. The standard InChI is InChI=1S/C14H12Cl3N3O/c15-11-4-5-12(16)13(17)10(11)7-19-8-2-1-3-9(6-8)20-14(18)21/h1-6,19H,7H2,(H3,18,20,21). The van der Waals surface area contributed by atoms with E-state index in [1.54, 1.807) is 30.3 Å². The van der Waals surface area contributed by atoms with Crippen molar-refractivity contribution < 1.29 is 4.79 Å². The second-order valence-electron chi connectivity index (χ2n) is 4.25. The molecule has 0 bridgehead atoms. The minimum absolute atomic E-state index is 0.401. The average Bonchev–Trinajstić information content (AvgIpc) is 2.43. The van der Waals surface area contributed by atoms with Crippen LogP contribution in [0.5, 0.6) is 0 Å². The first kappa shape index (κ1) is 15.8. The lowest BCUT2D eigenvalue weighted by Gasteiger charge is -2.12. The summed E-state index contributed by atoms with van der Waals surface area (Å²) in [6, 6.07) is 9.83. The van der Waals surface area contributed by atoms with Crippen LogP contribution in [0.25, 0.3) is 0 Å². The second kappa shape index (κ2) is 6.89. The Kier molecular flexibility index (Phi) is 5.17. The summed E-state index contributed by atoms with van der Waals surface area (Å²) < 4.78 is 0. The maximum absolute atomic E-state index is 10.8. The van der Waals surface area contributed by atoms with Crippen LogP contribution in [-0.2, 0) is 6.54 Å². The van der Waals surface area contributed by atoms with Crippen molar-refractivity contribution in [3.05, 3.63) is 57.0 Å². The lowest BCUT2D eigenvalue weighted by atomic mass is 10.2. The van der Waals surface area contributed by atoms with Crippen LogP contribution >= 0.6 is 34.8 Å². The molecule has 0 aromatic heterocycles. The number of rotatable bonds is 4. The number of benzene rings is 2. The van der Waals surface area contributed by atoms with Gasteiger partial charge in [-0.1, -0.05) is 40.9 Å². The van der Waals surface area contributed by atoms with E-state index in [4.69, 9.17) is 40.5 Å². The predicted molar refractivity (Wildman–Crippen MR) is 88.4 cm³/mol. The Labute approximate surface area is 137 Å². The van der Waals surface area contributed by atoms with Crippen molar-refractivity contribution in [1.82, 2.24) is 0 Å². The zero-order valence-corrected chi connectivity index (χ0v) is 13.1. The molecule has 0 saturated heterocycles. The molecule has 2 amide bonds. The van der Waals surface area contributed by atoms with E-state index in [9.17, 15) is 4.79 Å². The summed E-state index contributed by atoms with van der Waals surface area (Å²) in [7, 11) is 0. The van der Waals surface area contributed by atoms with Crippen molar-refractivity contribution in [2.45, 2.75) is 6.54 Å². The van der Waals surface area contributed by atoms with Crippen LogP contribution < -0.4 is 16.4 Å². The first-order valence-electron chi connectivity index (χ1n) is 6.00. The first-order valence-corrected chi connectivity index (χ1v) is 7.13. The van der Waals surface area contributed by atoms with Gasteiger partial charge in [-0.25, -0.2) is 4.79 Å². The zero-order valence-electron chi connectivity index (χ0n) is 10.8. The molecule has 4 nitrogen and oxygen atoms in total. The van der Waals surface area contributed by atoms with Crippen LogP contribution in [0.15, 0.2) is 36.4 Å². The van der Waals surface area contributed by atoms with Crippen LogP contribution in [0.4, 0.5) is 16.2 Å². The highest BCUT2D eigenvalue weighted by Crippen LogP contribution is 2.32. The van der Waals surface area contributed by atoms with E-state index in [0.29, 0.717) is 32.9 Å². The minimum atomic E-state index is -0.618. The van der Waals surface area contributed by atoms with Crippen molar-refractivity contribution in [2.75, 3.05) is 10.6 Å². The molecule has 0 unspecified atom stereocenters. The van der Waals surface area contributed by atoms with Crippen molar-refractivity contribution in [3.8, 4) is 0 Å². The Balaban J connectivity index is 2.13. The van der Waals surface area contributed by atoms with Gasteiger partial charge >= 0.3 is 6.03 Å². The Hall–Kier alpha value is -1.62. The molecule has 2 aromatic carbocycles. The second-order valence-corrected chi connectivity index (χ2v) is 5.44. The molecule has 2 rings (SSSR count). The van der Waals surface area contributed by atoms with E-state index in [1.165, 1.54) is 0 Å². The van der Waals surface area contributed by atoms with Gasteiger partial charge in [-0.15, -0.1) is 0 Å². The molecule has 0 aliphatic heterocycles. The number of anilines is 2. The van der Waals surface area contributed by atoms with Gasteiger partial charge in [0.05, 0.1) is 10.0 Å². The Morgan fingerprint density at radius 1 is 1.05 bits per heavy atom. The lowest BCUT2D eigenvalue weighted by molar-refractivity contribution is 0.259. The summed E-state index contributed by atoms with van der Waals surface area (Å²) in [5, 5.41) is 7.06. The third-order valence-electron chi connectivity index (χ3n) is 2.74. The highest BCUT2D eigenvalue weighted by atomic mass is 35.5. The van der Waals surface area contributed by atoms with Crippen molar-refractivity contribution in [1.29, 1.82) is 0 Å². The number of halogens is 3. The Morgan fingerprint density at radius 3 is 2.43 bits per heavy atom. The highest BCUT2D eigenvalue weighted by Gasteiger charge is 2.09. The summed E-state index contributed by atoms with van der Waals surface area (Å²) in [5.74, 6) is 0. The smallest absolute Gasteiger partial charge is 0.316 e. The van der Waals surface area contributed by atoms with Crippen LogP contribution in [0.3, 0.4) is 0 Å². The zero-order chi connectivity index (χ0) is 15.4. The van der Waals surface area contributed by atoms with Gasteiger partial charge in [0, 0.05) is 28.5 Å². The molecule has 110 valence electrons. The molecule has 0 aliphatic rings. The first-order chi connectivity index (χ1) is 9.97. The number of urea groups is 1. The summed E-state index contributed by atoms with van der Waals surface area (Å²) in [6.45, 7) is 0.401. The number of carbonyl (C=O) groups is 1. The summed E-state index contributed by atoms with van der Waals surface area (Å²) in [5.41, 5.74) is 7.16. The van der Waals surface area contributed by atoms with Gasteiger partial charge in [0.15, 0.2) is 0 Å². The quantitative estimate of drug-likeness (QED) is 0.701. The number of nitrogens with two attached hydrogens (primary N) is 1. The van der Waals surface area contributed by atoms with E-state index in [2.05, 4.69) is 10.6 Å². The molecule has 0 saturated carbocycles. The molecule has 0 radical (unpaired) electrons. The van der Waals surface area contributed by atoms with Gasteiger partial charge in [-0.2, -0.15) is 0 Å². The minimum Gasteiger partial charge on any atom is -0.381 e. The van der Waals surface area contributed by atoms with Crippen molar-refractivity contribution in [3.63, 3.8) is 0 Å². The largest absolute Gasteiger partial charge is 0.381 e. The maximum atomic E-state index is 10.8. The molecule has 0 atom stereocenters. The van der Waals surface area contributed by atoms with Gasteiger partial charge < -0.3 is 16.4 Å². The van der Waals surface area contributed by atoms with Gasteiger partial charge in [0.25, 0.3) is 0 Å². The van der Waals surface area contributed by atoms with E-state index >= 15 is 0 Å². The normalized spacial score (nSPS) is 10.2. The topological polar surface area (TPSA) is 67.2 Å². The Bertz CT molecular complexity index is 677. The van der Waals surface area contributed by atoms with Gasteiger partial charge in [0.1, 0.15) is 0 Å². The van der Waals surface area contributed by atoms with Gasteiger partial charge in [-0.3, -0.25) is 0 Å². The summed E-state index contributed by atoms with van der Waals surface area (Å²) in [4.78, 5) is 10.8. The molecular weight excluding hydrogens is 333 g/mol. The van der Waals surface area contributed by atoms with Crippen molar-refractivity contribution >= 4 is 52.2 Å². The van der Waals surface area contributed by atoms with Gasteiger partial charge in [0.2, 0.25) is 0 Å². The fourth-order valence-electron chi connectivity index (χ4n) is 1.77. The molecule has 0 heterocycles. The third kappa shape index (κ3) is 4.17. The number of primary amides is 1. The van der Waals surface area contributed by atoms with E-state index in [1.807, 2.05) is 6.07 Å². The van der Waals surface area contributed by atoms with E-state index in [-0.39, 0.29) is 0 Å². The molecule has 0 spiro atoms. The lowest BCUT2D eigenvalue weighted by Crippen LogP contribution is -2.19. The number of carbonyl (C=O) groups excluding carboxylic acids is 1. The molecule has 0 aliphatic carbocycles. The molecule has 4 N–H and O–H groups in total. The predicted octanol–water partition coefficient (Wildman–Crippen LogP) is 4.75. The van der Waals surface area contributed by atoms with Crippen LogP contribution in [0.2, 0.25) is 15.1 Å². The van der Waals surface area contributed by atoms with Crippen LogP contribution in [-0.4, -0.2) is 6.03 Å². The summed E-state index contributed by atoms with van der Waals surface area (Å²) >= 11 is 18.2. The molecule has 7 heteroatoms. The van der Waals surface area contributed by atoms with E-state index in [0.717, 1.165) is 5.69 Å².